The molecule has 2 aromatic heterocycles. The Balaban J connectivity index is 1.71. The highest BCUT2D eigenvalue weighted by molar-refractivity contribution is 7.89. The normalized spacial score (nSPS) is 15.2. The number of hydrogen-bond acceptors (Lipinski definition) is 6. The number of aromatic nitrogens is 1. The van der Waals surface area contributed by atoms with Crippen molar-refractivity contribution in [1.82, 2.24) is 8.87 Å². The van der Waals surface area contributed by atoms with Crippen LogP contribution < -0.4 is 0 Å². The first-order chi connectivity index (χ1) is 12.7. The standard InChI is InChI=1S/C18H22N2O5S2/c1-12-8-15(13(2)26-12)17(21)11-25-18(22)16-9-14(10-19(16)3)27(23,24)20-6-4-5-7-20/h8-10H,4-7,11H2,1-3H3. The molecule has 0 aromatic carbocycles. The maximum Gasteiger partial charge on any atom is 0.355 e. The zero-order chi connectivity index (χ0) is 19.8. The van der Waals surface area contributed by atoms with E-state index in [-0.39, 0.29) is 23.0 Å². The molecule has 0 atom stereocenters. The number of nitrogens with zero attached hydrogens (tertiary/aromatic N) is 2. The molecule has 1 aliphatic rings. The Bertz CT molecular complexity index is 982. The van der Waals surface area contributed by atoms with E-state index in [1.165, 1.54) is 32.5 Å². The van der Waals surface area contributed by atoms with Crippen molar-refractivity contribution in [3.05, 3.63) is 39.3 Å². The number of sulfonamides is 1. The second-order valence-electron chi connectivity index (χ2n) is 6.61. The van der Waals surface area contributed by atoms with Crippen LogP contribution in [0.2, 0.25) is 0 Å². The summed E-state index contributed by atoms with van der Waals surface area (Å²) in [6.07, 6.45) is 3.08. The number of aryl methyl sites for hydroxylation is 3. The number of ketones is 1. The van der Waals surface area contributed by atoms with Gasteiger partial charge >= 0.3 is 5.97 Å². The molecule has 0 radical (unpaired) electrons. The first-order valence-corrected chi connectivity index (χ1v) is 10.9. The maximum atomic E-state index is 12.6. The van der Waals surface area contributed by atoms with E-state index >= 15 is 0 Å². The second kappa shape index (κ2) is 7.57. The predicted molar refractivity (Wildman–Crippen MR) is 102 cm³/mol. The zero-order valence-electron chi connectivity index (χ0n) is 15.5. The van der Waals surface area contributed by atoms with Crippen LogP contribution >= 0.6 is 11.3 Å². The fraction of sp³-hybridized carbons (Fsp3) is 0.444. The summed E-state index contributed by atoms with van der Waals surface area (Å²) in [7, 11) is -2.03. The summed E-state index contributed by atoms with van der Waals surface area (Å²) in [5.74, 6) is -0.998. The molecule has 0 N–H and O–H groups in total. The third-order valence-electron chi connectivity index (χ3n) is 4.57. The van der Waals surface area contributed by atoms with E-state index < -0.39 is 16.0 Å². The lowest BCUT2D eigenvalue weighted by molar-refractivity contribution is 0.0465. The van der Waals surface area contributed by atoms with Crippen LogP contribution in [-0.2, 0) is 21.8 Å². The number of esters is 1. The molecule has 9 heteroatoms. The first kappa shape index (κ1) is 19.8. The minimum absolute atomic E-state index is 0.0643. The van der Waals surface area contributed by atoms with Gasteiger partial charge in [-0.1, -0.05) is 0 Å². The van der Waals surface area contributed by atoms with Crippen LogP contribution in [-0.4, -0.2) is 48.7 Å². The van der Waals surface area contributed by atoms with Crippen LogP contribution in [0.25, 0.3) is 0 Å². The van der Waals surface area contributed by atoms with Gasteiger partial charge in [-0.3, -0.25) is 4.79 Å². The average molecular weight is 411 g/mol. The van der Waals surface area contributed by atoms with E-state index in [0.717, 1.165) is 22.6 Å². The maximum absolute atomic E-state index is 12.6. The van der Waals surface area contributed by atoms with Gasteiger partial charge in [0.1, 0.15) is 10.6 Å². The van der Waals surface area contributed by atoms with Gasteiger partial charge in [-0.25, -0.2) is 13.2 Å². The average Bonchev–Trinajstić information content (AvgIpc) is 3.32. The Hall–Kier alpha value is -1.97. The fourth-order valence-corrected chi connectivity index (χ4v) is 5.68. The molecular formula is C18H22N2O5S2. The van der Waals surface area contributed by atoms with Crippen molar-refractivity contribution in [3.63, 3.8) is 0 Å². The molecule has 7 nitrogen and oxygen atoms in total. The Morgan fingerprint density at radius 1 is 1.19 bits per heavy atom. The number of ether oxygens (including phenoxy) is 1. The van der Waals surface area contributed by atoms with Crippen molar-refractivity contribution in [2.24, 2.45) is 7.05 Å². The van der Waals surface area contributed by atoms with Gasteiger partial charge in [-0.2, -0.15) is 4.31 Å². The summed E-state index contributed by atoms with van der Waals surface area (Å²) >= 11 is 1.51. The molecule has 1 saturated heterocycles. The number of hydrogen-bond donors (Lipinski definition) is 0. The molecule has 27 heavy (non-hydrogen) atoms. The van der Waals surface area contributed by atoms with E-state index in [9.17, 15) is 18.0 Å². The van der Waals surface area contributed by atoms with Crippen molar-refractivity contribution in [2.45, 2.75) is 31.6 Å². The van der Waals surface area contributed by atoms with E-state index in [4.69, 9.17) is 4.74 Å². The van der Waals surface area contributed by atoms with Crippen molar-refractivity contribution in [1.29, 1.82) is 0 Å². The highest BCUT2D eigenvalue weighted by Gasteiger charge is 2.30. The lowest BCUT2D eigenvalue weighted by atomic mass is 10.2. The minimum Gasteiger partial charge on any atom is -0.453 e. The first-order valence-electron chi connectivity index (χ1n) is 8.64. The smallest absolute Gasteiger partial charge is 0.355 e. The van der Waals surface area contributed by atoms with Gasteiger partial charge in [-0.05, 0) is 38.8 Å². The largest absolute Gasteiger partial charge is 0.453 e. The monoisotopic (exact) mass is 410 g/mol. The lowest BCUT2D eigenvalue weighted by Crippen LogP contribution is -2.27. The van der Waals surface area contributed by atoms with Crippen LogP contribution in [0, 0.1) is 13.8 Å². The minimum atomic E-state index is -3.61. The Kier molecular flexibility index (Phi) is 5.55. The highest BCUT2D eigenvalue weighted by Crippen LogP contribution is 2.23. The van der Waals surface area contributed by atoms with E-state index in [1.54, 1.807) is 13.1 Å². The Morgan fingerprint density at radius 3 is 2.44 bits per heavy atom. The number of thiophene rings is 1. The summed E-state index contributed by atoms with van der Waals surface area (Å²) in [4.78, 5) is 26.6. The topological polar surface area (TPSA) is 85.7 Å². The molecule has 0 saturated carbocycles. The molecule has 146 valence electrons. The van der Waals surface area contributed by atoms with Crippen molar-refractivity contribution >= 4 is 33.1 Å². The van der Waals surface area contributed by atoms with Crippen LogP contribution in [0.5, 0.6) is 0 Å². The van der Waals surface area contributed by atoms with Gasteiger partial charge in [0.05, 0.1) is 0 Å². The third-order valence-corrected chi connectivity index (χ3v) is 7.40. The van der Waals surface area contributed by atoms with Crippen molar-refractivity contribution in [2.75, 3.05) is 19.7 Å². The van der Waals surface area contributed by atoms with Crippen LogP contribution in [0.15, 0.2) is 23.2 Å². The van der Waals surface area contributed by atoms with Gasteiger partial charge in [0.15, 0.2) is 6.61 Å². The quantitative estimate of drug-likeness (QED) is 0.540. The summed E-state index contributed by atoms with van der Waals surface area (Å²) < 4.78 is 33.2. The summed E-state index contributed by atoms with van der Waals surface area (Å²) in [5, 5.41) is 0. The van der Waals surface area contributed by atoms with E-state index in [0.29, 0.717) is 18.7 Å². The van der Waals surface area contributed by atoms with Gasteiger partial charge in [-0.15, -0.1) is 11.3 Å². The SMILES string of the molecule is Cc1cc(C(=O)COC(=O)c2cc(S(=O)(=O)N3CCCC3)cn2C)c(C)s1. The molecule has 0 bridgehead atoms. The highest BCUT2D eigenvalue weighted by atomic mass is 32.2. The molecule has 1 fully saturated rings. The van der Waals surface area contributed by atoms with Crippen LogP contribution in [0.3, 0.4) is 0 Å². The number of carbonyl (C=O) groups excluding carboxylic acids is 2. The molecule has 0 aliphatic carbocycles. The third kappa shape index (κ3) is 3.99. The second-order valence-corrected chi connectivity index (χ2v) is 10.0. The van der Waals surface area contributed by atoms with Gasteiger partial charge in [0.2, 0.25) is 15.8 Å². The molecule has 3 rings (SSSR count). The molecule has 3 heterocycles. The van der Waals surface area contributed by atoms with E-state index in [2.05, 4.69) is 0 Å². The Labute approximate surface area is 162 Å². The molecule has 2 aromatic rings. The number of Topliss-reactive ketones (excluding diaryl/α,β-unsaturated/α-hetero) is 1. The van der Waals surface area contributed by atoms with Crippen LogP contribution in [0.1, 0.15) is 43.4 Å². The summed E-state index contributed by atoms with van der Waals surface area (Å²) in [6, 6.07) is 3.08. The van der Waals surface area contributed by atoms with Gasteiger partial charge < -0.3 is 9.30 Å². The predicted octanol–water partition coefficient (Wildman–Crippen LogP) is 2.53. The number of rotatable bonds is 6. The van der Waals surface area contributed by atoms with Crippen molar-refractivity contribution in [3.8, 4) is 0 Å². The summed E-state index contributed by atoms with van der Waals surface area (Å²) in [6.45, 7) is 4.36. The van der Waals surface area contributed by atoms with Crippen molar-refractivity contribution < 1.29 is 22.7 Å². The molecule has 0 spiro atoms. The van der Waals surface area contributed by atoms with Gasteiger partial charge in [0.25, 0.3) is 0 Å². The number of carbonyl (C=O) groups is 2. The zero-order valence-corrected chi connectivity index (χ0v) is 17.2. The Morgan fingerprint density at radius 2 is 1.85 bits per heavy atom. The van der Waals surface area contributed by atoms with E-state index in [1.807, 2.05) is 13.8 Å². The summed E-state index contributed by atoms with van der Waals surface area (Å²) in [5.41, 5.74) is 0.647. The van der Waals surface area contributed by atoms with Gasteiger partial charge in [0, 0.05) is 41.7 Å². The lowest BCUT2D eigenvalue weighted by Gasteiger charge is -2.13. The molecule has 0 amide bonds. The molecular weight excluding hydrogens is 388 g/mol. The van der Waals surface area contributed by atoms with Crippen LogP contribution in [0.4, 0.5) is 0 Å². The molecule has 1 aliphatic heterocycles. The fourth-order valence-electron chi connectivity index (χ4n) is 3.15. The molecule has 0 unspecified atom stereocenters.